The first-order valence-corrected chi connectivity index (χ1v) is 6.36. The Morgan fingerprint density at radius 1 is 1.26 bits per heavy atom. The van der Waals surface area contributed by atoms with E-state index in [0.717, 1.165) is 0 Å². The van der Waals surface area contributed by atoms with Crippen LogP contribution in [0.4, 0.5) is 4.79 Å². The third-order valence-electron chi connectivity index (χ3n) is 3.24. The Bertz CT molecular complexity index is 325. The summed E-state index contributed by atoms with van der Waals surface area (Å²) in [6.07, 6.45) is 0. The Hall–Kier alpha value is -1.34. The molecule has 110 valence electrons. The Morgan fingerprint density at radius 3 is 2.32 bits per heavy atom. The zero-order chi connectivity index (χ0) is 14.5. The Balaban J connectivity index is 2.31. The van der Waals surface area contributed by atoms with Gasteiger partial charge in [-0.15, -0.1) is 0 Å². The molecule has 0 radical (unpaired) electrons. The van der Waals surface area contributed by atoms with Crippen LogP contribution in [-0.2, 0) is 9.53 Å². The maximum atomic E-state index is 11.9. The van der Waals surface area contributed by atoms with E-state index in [0.29, 0.717) is 32.7 Å². The van der Waals surface area contributed by atoms with E-state index in [2.05, 4.69) is 5.32 Å². The maximum absolute atomic E-state index is 11.9. The van der Waals surface area contributed by atoms with E-state index in [1.807, 2.05) is 18.7 Å². The molecule has 0 atom stereocenters. The topological polar surface area (TPSA) is 82.1 Å². The molecule has 0 saturated carbocycles. The molecule has 1 fully saturated rings. The molecule has 1 rings (SSSR count). The van der Waals surface area contributed by atoms with Gasteiger partial charge in [0.1, 0.15) is 0 Å². The predicted octanol–water partition coefficient (Wildman–Crippen LogP) is -0.177. The molecular weight excluding hydrogens is 250 g/mol. The molecule has 7 heteroatoms. The van der Waals surface area contributed by atoms with E-state index < -0.39 is 5.97 Å². The molecule has 0 unspecified atom stereocenters. The highest BCUT2D eigenvalue weighted by molar-refractivity contribution is 5.74. The number of carboxylic acid groups (broad SMARTS) is 1. The van der Waals surface area contributed by atoms with E-state index >= 15 is 0 Å². The molecule has 19 heavy (non-hydrogen) atoms. The summed E-state index contributed by atoms with van der Waals surface area (Å²) >= 11 is 0. The first kappa shape index (κ1) is 15.7. The summed E-state index contributed by atoms with van der Waals surface area (Å²) in [4.78, 5) is 26.0. The summed E-state index contributed by atoms with van der Waals surface area (Å²) < 4.78 is 5.23. The number of ether oxygens (including phenoxy) is 1. The van der Waals surface area contributed by atoms with Crippen LogP contribution in [-0.4, -0.2) is 78.9 Å². The van der Waals surface area contributed by atoms with Gasteiger partial charge in [0.05, 0.1) is 12.1 Å². The zero-order valence-corrected chi connectivity index (χ0v) is 11.8. The fourth-order valence-electron chi connectivity index (χ4n) is 1.77. The number of carbonyl (C=O) groups is 2. The standard InChI is InChI=1S/C12H23N3O4/c1-12(2,19-3)9-13-11(18)15-6-4-14(5-7-15)8-10(16)17/h4-9H2,1-3H3,(H,13,18)(H,16,17). The number of urea groups is 1. The number of nitrogens with one attached hydrogen (secondary N) is 1. The number of amides is 2. The number of hydrogen-bond donors (Lipinski definition) is 2. The Labute approximate surface area is 113 Å². The van der Waals surface area contributed by atoms with Crippen molar-refractivity contribution in [2.75, 3.05) is 46.4 Å². The van der Waals surface area contributed by atoms with Crippen molar-refractivity contribution < 1.29 is 19.4 Å². The van der Waals surface area contributed by atoms with Gasteiger partial charge in [0.15, 0.2) is 0 Å². The van der Waals surface area contributed by atoms with Gasteiger partial charge in [0, 0.05) is 39.8 Å². The largest absolute Gasteiger partial charge is 0.480 e. The van der Waals surface area contributed by atoms with E-state index in [4.69, 9.17) is 9.84 Å². The highest BCUT2D eigenvalue weighted by Gasteiger charge is 2.24. The lowest BCUT2D eigenvalue weighted by atomic mass is 10.1. The number of carboxylic acids is 1. The molecule has 2 amide bonds. The van der Waals surface area contributed by atoms with Crippen LogP contribution < -0.4 is 5.32 Å². The zero-order valence-electron chi connectivity index (χ0n) is 11.8. The molecular formula is C12H23N3O4. The molecule has 0 aromatic rings. The van der Waals surface area contributed by atoms with Gasteiger partial charge in [-0.3, -0.25) is 9.69 Å². The summed E-state index contributed by atoms with van der Waals surface area (Å²) in [5.41, 5.74) is -0.388. The van der Waals surface area contributed by atoms with Gasteiger partial charge in [-0.1, -0.05) is 0 Å². The first-order valence-electron chi connectivity index (χ1n) is 6.36. The fourth-order valence-corrected chi connectivity index (χ4v) is 1.77. The number of carbonyl (C=O) groups excluding carboxylic acids is 1. The number of nitrogens with zero attached hydrogens (tertiary/aromatic N) is 2. The van der Waals surface area contributed by atoms with Crippen molar-refractivity contribution in [3.63, 3.8) is 0 Å². The molecule has 7 nitrogen and oxygen atoms in total. The van der Waals surface area contributed by atoms with Gasteiger partial charge in [-0.2, -0.15) is 0 Å². The van der Waals surface area contributed by atoms with E-state index in [9.17, 15) is 9.59 Å². The maximum Gasteiger partial charge on any atom is 0.317 e. The second kappa shape index (κ2) is 6.72. The molecule has 0 bridgehead atoms. The van der Waals surface area contributed by atoms with Crippen molar-refractivity contribution in [1.82, 2.24) is 15.1 Å². The summed E-state index contributed by atoms with van der Waals surface area (Å²) in [6, 6.07) is -0.125. The minimum atomic E-state index is -0.834. The number of aliphatic carboxylic acids is 1. The summed E-state index contributed by atoms with van der Waals surface area (Å²) in [7, 11) is 1.61. The van der Waals surface area contributed by atoms with Crippen LogP contribution in [0, 0.1) is 0 Å². The van der Waals surface area contributed by atoms with Crippen molar-refractivity contribution in [3.05, 3.63) is 0 Å². The average molecular weight is 273 g/mol. The molecule has 1 aliphatic heterocycles. The van der Waals surface area contributed by atoms with Crippen LogP contribution in [0.5, 0.6) is 0 Å². The van der Waals surface area contributed by atoms with Gasteiger partial charge in [0.25, 0.3) is 0 Å². The highest BCUT2D eigenvalue weighted by Crippen LogP contribution is 2.06. The third-order valence-corrected chi connectivity index (χ3v) is 3.24. The van der Waals surface area contributed by atoms with Crippen LogP contribution in [0.25, 0.3) is 0 Å². The van der Waals surface area contributed by atoms with Gasteiger partial charge in [-0.05, 0) is 13.8 Å². The second-order valence-corrected chi connectivity index (χ2v) is 5.28. The monoisotopic (exact) mass is 273 g/mol. The van der Waals surface area contributed by atoms with Gasteiger partial charge < -0.3 is 20.1 Å². The van der Waals surface area contributed by atoms with Gasteiger partial charge in [0.2, 0.25) is 0 Å². The molecule has 1 aliphatic rings. The quantitative estimate of drug-likeness (QED) is 0.726. The normalized spacial score (nSPS) is 17.3. The van der Waals surface area contributed by atoms with Crippen molar-refractivity contribution >= 4 is 12.0 Å². The van der Waals surface area contributed by atoms with E-state index in [1.54, 1.807) is 12.0 Å². The summed E-state index contributed by atoms with van der Waals surface area (Å²) in [6.45, 7) is 6.56. The minimum Gasteiger partial charge on any atom is -0.480 e. The fraction of sp³-hybridized carbons (Fsp3) is 0.833. The van der Waals surface area contributed by atoms with Crippen LogP contribution in [0.3, 0.4) is 0 Å². The highest BCUT2D eigenvalue weighted by atomic mass is 16.5. The first-order chi connectivity index (χ1) is 8.84. The van der Waals surface area contributed by atoms with Crippen molar-refractivity contribution in [1.29, 1.82) is 0 Å². The smallest absolute Gasteiger partial charge is 0.317 e. The van der Waals surface area contributed by atoms with Crippen molar-refractivity contribution in [2.24, 2.45) is 0 Å². The van der Waals surface area contributed by atoms with Crippen molar-refractivity contribution in [2.45, 2.75) is 19.4 Å². The van der Waals surface area contributed by atoms with Crippen LogP contribution in [0.1, 0.15) is 13.8 Å². The van der Waals surface area contributed by atoms with E-state index in [1.165, 1.54) is 0 Å². The van der Waals surface area contributed by atoms with Crippen LogP contribution in [0.15, 0.2) is 0 Å². The second-order valence-electron chi connectivity index (χ2n) is 5.28. The molecule has 0 aliphatic carbocycles. The molecule has 0 spiro atoms. The lowest BCUT2D eigenvalue weighted by molar-refractivity contribution is -0.138. The lowest BCUT2D eigenvalue weighted by Crippen LogP contribution is -2.54. The molecule has 1 saturated heterocycles. The van der Waals surface area contributed by atoms with Gasteiger partial charge in [-0.25, -0.2) is 4.79 Å². The van der Waals surface area contributed by atoms with Crippen LogP contribution in [0.2, 0.25) is 0 Å². The molecule has 0 aromatic heterocycles. The number of rotatable bonds is 5. The third kappa shape index (κ3) is 5.44. The predicted molar refractivity (Wildman–Crippen MR) is 70.1 cm³/mol. The summed E-state index contributed by atoms with van der Waals surface area (Å²) in [5.74, 6) is -0.834. The molecule has 2 N–H and O–H groups in total. The average Bonchev–Trinajstić information content (AvgIpc) is 2.36. The van der Waals surface area contributed by atoms with E-state index in [-0.39, 0.29) is 18.2 Å². The SMILES string of the molecule is COC(C)(C)CNC(=O)N1CCN(CC(=O)O)CC1. The lowest BCUT2D eigenvalue weighted by Gasteiger charge is -2.34. The van der Waals surface area contributed by atoms with Crippen LogP contribution >= 0.6 is 0 Å². The van der Waals surface area contributed by atoms with Crippen molar-refractivity contribution in [3.8, 4) is 0 Å². The Morgan fingerprint density at radius 2 is 1.84 bits per heavy atom. The van der Waals surface area contributed by atoms with Gasteiger partial charge >= 0.3 is 12.0 Å². The number of hydrogen-bond acceptors (Lipinski definition) is 4. The molecule has 1 heterocycles. The number of piperazine rings is 1. The molecule has 0 aromatic carbocycles. The Kier molecular flexibility index (Phi) is 5.56. The minimum absolute atomic E-state index is 0.0339. The summed E-state index contributed by atoms with van der Waals surface area (Å²) in [5, 5.41) is 11.5. The number of methoxy groups -OCH3 is 1.